The lowest BCUT2D eigenvalue weighted by Crippen LogP contribution is -2.47. The molecule has 3 atom stereocenters. The highest BCUT2D eigenvalue weighted by Crippen LogP contribution is 2.38. The van der Waals surface area contributed by atoms with Gasteiger partial charge in [0.2, 0.25) is 5.91 Å². The molecule has 0 spiro atoms. The van der Waals surface area contributed by atoms with Gasteiger partial charge in [-0.05, 0) is 49.8 Å². The fraction of sp³-hybridized carbons (Fsp3) is 0.619. The molecule has 3 saturated heterocycles. The van der Waals surface area contributed by atoms with E-state index in [1.165, 1.54) is 12.8 Å². The third kappa shape index (κ3) is 3.48. The Morgan fingerprint density at radius 2 is 2.11 bits per heavy atom. The van der Waals surface area contributed by atoms with Crippen LogP contribution in [0.4, 0.5) is 5.69 Å². The minimum atomic E-state index is -0.0481. The molecule has 1 saturated carbocycles. The molecule has 27 heavy (non-hydrogen) atoms. The summed E-state index contributed by atoms with van der Waals surface area (Å²) in [6, 6.07) is 8.04. The molecule has 3 aliphatic heterocycles. The van der Waals surface area contributed by atoms with Crippen molar-refractivity contribution in [1.29, 1.82) is 0 Å². The summed E-state index contributed by atoms with van der Waals surface area (Å²) >= 11 is 0. The van der Waals surface area contributed by atoms with E-state index in [2.05, 4.69) is 10.2 Å². The van der Waals surface area contributed by atoms with Crippen LogP contribution in [-0.2, 0) is 9.53 Å². The number of fused-ring (bicyclic) bond motifs is 1. The van der Waals surface area contributed by atoms with Crippen LogP contribution < -0.4 is 10.2 Å². The Morgan fingerprint density at radius 3 is 2.89 bits per heavy atom. The van der Waals surface area contributed by atoms with Crippen LogP contribution in [0.25, 0.3) is 0 Å². The van der Waals surface area contributed by atoms with Gasteiger partial charge in [0.25, 0.3) is 5.91 Å². The van der Waals surface area contributed by atoms with Gasteiger partial charge in [-0.15, -0.1) is 0 Å². The lowest BCUT2D eigenvalue weighted by molar-refractivity contribution is -0.117. The monoisotopic (exact) mass is 369 g/mol. The highest BCUT2D eigenvalue weighted by molar-refractivity contribution is 5.99. The molecule has 1 aromatic carbocycles. The van der Waals surface area contributed by atoms with E-state index >= 15 is 0 Å². The van der Waals surface area contributed by atoms with Crippen LogP contribution in [0.15, 0.2) is 24.3 Å². The molecular formula is C21H27N3O3. The second-order valence-electron chi connectivity index (χ2n) is 8.42. The summed E-state index contributed by atoms with van der Waals surface area (Å²) in [6.45, 7) is 3.45. The first-order valence-electron chi connectivity index (χ1n) is 10.2. The van der Waals surface area contributed by atoms with Gasteiger partial charge >= 0.3 is 0 Å². The lowest BCUT2D eigenvalue weighted by atomic mass is 10.1. The van der Waals surface area contributed by atoms with Gasteiger partial charge in [-0.1, -0.05) is 6.07 Å². The lowest BCUT2D eigenvalue weighted by Gasteiger charge is -2.35. The fourth-order valence-electron chi connectivity index (χ4n) is 4.76. The summed E-state index contributed by atoms with van der Waals surface area (Å²) in [5.74, 6) is 0.856. The summed E-state index contributed by atoms with van der Waals surface area (Å²) < 4.78 is 6.04. The average molecular weight is 369 g/mol. The van der Waals surface area contributed by atoms with Crippen molar-refractivity contribution in [3.8, 4) is 0 Å². The van der Waals surface area contributed by atoms with Crippen LogP contribution in [0.3, 0.4) is 0 Å². The number of hydrogen-bond donors (Lipinski definition) is 1. The van der Waals surface area contributed by atoms with E-state index in [9.17, 15) is 9.59 Å². The SMILES string of the molecule is O=C(N[C@H]1C[C@H]2CO[C@H](C3CC3)CN2C1)c1cccc(N2CCCC2=O)c1. The second kappa shape index (κ2) is 6.91. The number of ether oxygens (including phenoxy) is 1. The molecule has 4 fully saturated rings. The first-order chi connectivity index (χ1) is 13.2. The van der Waals surface area contributed by atoms with Crippen molar-refractivity contribution in [2.45, 2.75) is 50.3 Å². The fourth-order valence-corrected chi connectivity index (χ4v) is 4.76. The summed E-state index contributed by atoms with van der Waals surface area (Å²) in [5, 5.41) is 3.20. The smallest absolute Gasteiger partial charge is 0.251 e. The van der Waals surface area contributed by atoms with Gasteiger partial charge in [-0.25, -0.2) is 0 Å². The number of carbonyl (C=O) groups excluding carboxylic acids is 2. The molecule has 1 N–H and O–H groups in total. The highest BCUT2D eigenvalue weighted by atomic mass is 16.5. The van der Waals surface area contributed by atoms with E-state index < -0.39 is 0 Å². The number of rotatable bonds is 4. The molecule has 1 aromatic rings. The molecule has 6 nitrogen and oxygen atoms in total. The third-order valence-electron chi connectivity index (χ3n) is 6.42. The van der Waals surface area contributed by atoms with Crippen molar-refractivity contribution < 1.29 is 14.3 Å². The summed E-state index contributed by atoms with van der Waals surface area (Å²) in [4.78, 5) is 29.0. The van der Waals surface area contributed by atoms with Crippen LogP contribution in [-0.4, -0.2) is 61.1 Å². The number of amides is 2. The minimum absolute atomic E-state index is 0.0481. The van der Waals surface area contributed by atoms with Gasteiger partial charge in [-0.3, -0.25) is 14.5 Å². The van der Waals surface area contributed by atoms with E-state index in [0.717, 1.165) is 50.7 Å². The third-order valence-corrected chi connectivity index (χ3v) is 6.42. The molecule has 4 aliphatic rings. The van der Waals surface area contributed by atoms with Crippen molar-refractivity contribution >= 4 is 17.5 Å². The Hall–Kier alpha value is -1.92. The molecule has 144 valence electrons. The molecular weight excluding hydrogens is 342 g/mol. The molecule has 0 aromatic heterocycles. The van der Waals surface area contributed by atoms with Crippen molar-refractivity contribution in [3.05, 3.63) is 29.8 Å². The summed E-state index contributed by atoms with van der Waals surface area (Å²) in [6.07, 6.45) is 5.44. The molecule has 1 aliphatic carbocycles. The topological polar surface area (TPSA) is 61.9 Å². The first kappa shape index (κ1) is 17.2. The number of benzene rings is 1. The molecule has 3 heterocycles. The molecule has 6 heteroatoms. The Morgan fingerprint density at radius 1 is 1.22 bits per heavy atom. The second-order valence-corrected chi connectivity index (χ2v) is 8.42. The maximum absolute atomic E-state index is 12.8. The van der Waals surface area contributed by atoms with Gasteiger partial charge in [-0.2, -0.15) is 0 Å². The van der Waals surface area contributed by atoms with Crippen LogP contribution in [0.2, 0.25) is 0 Å². The number of hydrogen-bond acceptors (Lipinski definition) is 4. The maximum atomic E-state index is 12.8. The van der Waals surface area contributed by atoms with Gasteiger partial charge in [0.1, 0.15) is 0 Å². The average Bonchev–Trinajstić information content (AvgIpc) is 3.32. The van der Waals surface area contributed by atoms with Gasteiger partial charge in [0.15, 0.2) is 0 Å². The molecule has 0 radical (unpaired) electrons. The van der Waals surface area contributed by atoms with Gasteiger partial charge in [0, 0.05) is 49.4 Å². The minimum Gasteiger partial charge on any atom is -0.375 e. The van der Waals surface area contributed by atoms with Crippen LogP contribution in [0.5, 0.6) is 0 Å². The number of carbonyl (C=O) groups is 2. The number of nitrogens with zero attached hydrogens (tertiary/aromatic N) is 2. The normalized spacial score (nSPS) is 31.2. The Balaban J connectivity index is 1.21. The zero-order valence-electron chi connectivity index (χ0n) is 15.6. The highest BCUT2D eigenvalue weighted by Gasteiger charge is 2.42. The Bertz CT molecular complexity index is 748. The van der Waals surface area contributed by atoms with E-state index in [1.807, 2.05) is 24.3 Å². The molecule has 0 unspecified atom stereocenters. The number of anilines is 1. The standard InChI is InChI=1S/C21H27N3O3/c25-20-5-2-8-24(20)17-4-1-3-15(9-17)21(26)22-16-10-18-13-27-19(14-6-7-14)12-23(18)11-16/h1,3-4,9,14,16,18-19H,2,5-8,10-13H2,(H,22,26)/t16-,18-,19-/m0/s1. The van der Waals surface area contributed by atoms with Crippen LogP contribution in [0.1, 0.15) is 42.5 Å². The maximum Gasteiger partial charge on any atom is 0.251 e. The van der Waals surface area contributed by atoms with Crippen molar-refractivity contribution in [2.75, 3.05) is 31.1 Å². The van der Waals surface area contributed by atoms with E-state index in [-0.39, 0.29) is 17.9 Å². The molecule has 5 rings (SSSR count). The number of nitrogens with one attached hydrogen (secondary N) is 1. The Labute approximate surface area is 159 Å². The largest absolute Gasteiger partial charge is 0.375 e. The predicted molar refractivity (Wildman–Crippen MR) is 102 cm³/mol. The van der Waals surface area contributed by atoms with E-state index in [0.29, 0.717) is 24.1 Å². The summed E-state index contributed by atoms with van der Waals surface area (Å²) in [5.41, 5.74) is 1.46. The van der Waals surface area contributed by atoms with Gasteiger partial charge < -0.3 is 15.0 Å². The number of morpholine rings is 1. The zero-order valence-corrected chi connectivity index (χ0v) is 15.6. The van der Waals surface area contributed by atoms with Crippen molar-refractivity contribution in [1.82, 2.24) is 10.2 Å². The predicted octanol–water partition coefficient (Wildman–Crippen LogP) is 1.79. The van der Waals surface area contributed by atoms with Crippen molar-refractivity contribution in [3.63, 3.8) is 0 Å². The van der Waals surface area contributed by atoms with Gasteiger partial charge in [0.05, 0.1) is 12.7 Å². The first-order valence-corrected chi connectivity index (χ1v) is 10.2. The van der Waals surface area contributed by atoms with Crippen LogP contribution >= 0.6 is 0 Å². The van der Waals surface area contributed by atoms with E-state index in [1.54, 1.807) is 4.90 Å². The Kier molecular flexibility index (Phi) is 4.40. The zero-order chi connectivity index (χ0) is 18.4. The quantitative estimate of drug-likeness (QED) is 0.879. The molecule has 2 amide bonds. The summed E-state index contributed by atoms with van der Waals surface area (Å²) in [7, 11) is 0. The molecule has 0 bridgehead atoms. The van der Waals surface area contributed by atoms with E-state index in [4.69, 9.17) is 4.74 Å². The van der Waals surface area contributed by atoms with Crippen molar-refractivity contribution in [2.24, 2.45) is 5.92 Å². The van der Waals surface area contributed by atoms with Crippen LogP contribution in [0, 0.1) is 5.92 Å².